The van der Waals surface area contributed by atoms with Crippen molar-refractivity contribution >= 4 is 11.8 Å². The van der Waals surface area contributed by atoms with Crippen LogP contribution in [0.2, 0.25) is 0 Å². The van der Waals surface area contributed by atoms with E-state index in [1.807, 2.05) is 0 Å². The second-order valence-electron chi connectivity index (χ2n) is 14.1. The Bertz CT molecular complexity index is 699. The highest BCUT2D eigenvalue weighted by molar-refractivity contribution is 5.96. The van der Waals surface area contributed by atoms with Gasteiger partial charge in [-0.1, -0.05) is 194 Å². The van der Waals surface area contributed by atoms with Crippen LogP contribution in [-0.4, -0.2) is 59.3 Å². The number of aliphatic hydroxyl groups is 2. The van der Waals surface area contributed by atoms with Gasteiger partial charge in [0.2, 0.25) is 11.8 Å². The maximum Gasteiger partial charge on any atom is 0.246 e. The van der Waals surface area contributed by atoms with Crippen molar-refractivity contribution in [3.05, 3.63) is 12.2 Å². The highest BCUT2D eigenvalue weighted by Crippen LogP contribution is 2.15. The zero-order chi connectivity index (χ0) is 34.5. The van der Waals surface area contributed by atoms with E-state index in [4.69, 9.17) is 0 Å². The van der Waals surface area contributed by atoms with Gasteiger partial charge in [0.1, 0.15) is 0 Å². The number of nitrogens with zero attached hydrogens (tertiary/aromatic N) is 1. The van der Waals surface area contributed by atoms with Crippen LogP contribution in [-0.2, 0) is 9.59 Å². The molecule has 0 fully saturated rings. The van der Waals surface area contributed by atoms with Gasteiger partial charge in [-0.15, -0.1) is 0 Å². The Labute approximate surface area is 292 Å². The van der Waals surface area contributed by atoms with E-state index in [2.05, 4.69) is 19.2 Å². The summed E-state index contributed by atoms with van der Waals surface area (Å²) in [5, 5.41) is 22.1. The zero-order valence-electron chi connectivity index (χ0n) is 31.4. The lowest BCUT2D eigenvalue weighted by Gasteiger charge is -2.23. The Balaban J connectivity index is 3.86. The molecule has 0 spiro atoms. The van der Waals surface area contributed by atoms with Crippen LogP contribution in [0, 0.1) is 0 Å². The molecule has 1 unspecified atom stereocenters. The van der Waals surface area contributed by atoms with Crippen LogP contribution in [0.25, 0.3) is 0 Å². The molecule has 3 N–H and O–H groups in total. The molecule has 0 aromatic rings. The normalized spacial score (nSPS) is 12.2. The van der Waals surface area contributed by atoms with Gasteiger partial charge >= 0.3 is 0 Å². The van der Waals surface area contributed by atoms with Crippen molar-refractivity contribution in [3.63, 3.8) is 0 Å². The molecule has 6 nitrogen and oxygen atoms in total. The Morgan fingerprint density at radius 1 is 0.532 bits per heavy atom. The lowest BCUT2D eigenvalue weighted by atomic mass is 10.0. The maximum absolute atomic E-state index is 12.8. The number of aliphatic hydroxyl groups excluding tert-OH is 2. The first-order chi connectivity index (χ1) is 23.0. The van der Waals surface area contributed by atoms with E-state index in [9.17, 15) is 19.8 Å². The van der Waals surface area contributed by atoms with Crippen molar-refractivity contribution < 1.29 is 19.8 Å². The lowest BCUT2D eigenvalue weighted by Crippen LogP contribution is -2.38. The minimum Gasteiger partial charge on any atom is -0.394 e. The average molecular weight is 665 g/mol. The summed E-state index contributed by atoms with van der Waals surface area (Å²) in [6, 6.07) is 0. The third kappa shape index (κ3) is 34.3. The van der Waals surface area contributed by atoms with Crippen LogP contribution in [0.1, 0.15) is 206 Å². The van der Waals surface area contributed by atoms with Crippen molar-refractivity contribution in [2.75, 3.05) is 26.2 Å². The lowest BCUT2D eigenvalue weighted by molar-refractivity contribution is -0.128. The van der Waals surface area contributed by atoms with E-state index < -0.39 is 6.10 Å². The number of hydrogen-bond acceptors (Lipinski definition) is 4. The molecule has 0 aliphatic rings. The fourth-order valence-corrected chi connectivity index (χ4v) is 6.30. The molecule has 0 aromatic carbocycles. The van der Waals surface area contributed by atoms with Crippen molar-refractivity contribution in [3.8, 4) is 0 Å². The minimum atomic E-state index is -0.970. The molecule has 2 amide bonds. The van der Waals surface area contributed by atoms with Gasteiger partial charge in [-0.2, -0.15) is 0 Å². The van der Waals surface area contributed by atoms with Gasteiger partial charge in [0, 0.05) is 31.8 Å². The number of rotatable bonds is 37. The third-order valence-corrected chi connectivity index (χ3v) is 9.44. The smallest absolute Gasteiger partial charge is 0.246 e. The van der Waals surface area contributed by atoms with Crippen LogP contribution in [0.5, 0.6) is 0 Å². The number of carbonyl (C=O) groups is 2. The molecular weight excluding hydrogens is 584 g/mol. The molecule has 0 aromatic heterocycles. The SMILES string of the molecule is CCCCCCCCCCCCCCCCCCNC(=O)C=CC(=O)N(CCCCCCCCCCCCCCCC)CC(O)CO. The maximum atomic E-state index is 12.8. The summed E-state index contributed by atoms with van der Waals surface area (Å²) in [6.07, 6.45) is 40.6. The summed E-state index contributed by atoms with van der Waals surface area (Å²) in [7, 11) is 0. The number of carbonyl (C=O) groups excluding carboxylic acids is 2. The average Bonchev–Trinajstić information content (AvgIpc) is 3.07. The third-order valence-electron chi connectivity index (χ3n) is 9.44. The van der Waals surface area contributed by atoms with E-state index in [1.165, 1.54) is 173 Å². The number of unbranched alkanes of at least 4 members (excludes halogenated alkanes) is 28. The van der Waals surface area contributed by atoms with E-state index >= 15 is 0 Å². The van der Waals surface area contributed by atoms with E-state index in [-0.39, 0.29) is 25.0 Å². The van der Waals surface area contributed by atoms with Crippen molar-refractivity contribution in [2.45, 2.75) is 213 Å². The van der Waals surface area contributed by atoms with Gasteiger partial charge in [0.05, 0.1) is 12.7 Å². The molecule has 278 valence electrons. The molecule has 0 aliphatic carbocycles. The first-order valence-corrected chi connectivity index (χ1v) is 20.6. The molecule has 0 saturated carbocycles. The van der Waals surface area contributed by atoms with Gasteiger partial charge in [-0.3, -0.25) is 9.59 Å². The predicted octanol–water partition coefficient (Wildman–Crippen LogP) is 10.6. The molecule has 0 saturated heterocycles. The molecule has 0 bridgehead atoms. The fraction of sp³-hybridized carbons (Fsp3) is 0.902. The van der Waals surface area contributed by atoms with Crippen LogP contribution in [0.15, 0.2) is 12.2 Å². The van der Waals surface area contributed by atoms with E-state index in [0.717, 1.165) is 32.1 Å². The van der Waals surface area contributed by atoms with Crippen LogP contribution >= 0.6 is 0 Å². The molecule has 0 aliphatic heterocycles. The van der Waals surface area contributed by atoms with E-state index in [0.29, 0.717) is 13.1 Å². The molecule has 1 atom stereocenters. The molecule has 47 heavy (non-hydrogen) atoms. The van der Waals surface area contributed by atoms with Gasteiger partial charge in [-0.05, 0) is 12.8 Å². The standard InChI is InChI=1S/C41H80N2O4/c1-3-5-7-9-11-13-15-17-19-20-21-23-25-27-29-31-35-42-40(46)33-34-41(47)43(37-39(45)38-44)36-32-30-28-26-24-22-18-16-14-12-10-8-6-4-2/h33-34,39,44-45H,3-32,35-38H2,1-2H3,(H,42,46). The summed E-state index contributed by atoms with van der Waals surface area (Å²) in [4.78, 5) is 26.6. The quantitative estimate of drug-likeness (QED) is 0.0455. The molecule has 0 heterocycles. The van der Waals surface area contributed by atoms with Crippen LogP contribution < -0.4 is 5.32 Å². The second-order valence-corrected chi connectivity index (χ2v) is 14.1. The summed E-state index contributed by atoms with van der Waals surface area (Å²) < 4.78 is 0. The van der Waals surface area contributed by atoms with E-state index in [1.54, 1.807) is 4.90 Å². The molecule has 6 heteroatoms. The second kappa shape index (κ2) is 37.4. The van der Waals surface area contributed by atoms with Crippen molar-refractivity contribution in [1.82, 2.24) is 10.2 Å². The Morgan fingerprint density at radius 2 is 0.872 bits per heavy atom. The largest absolute Gasteiger partial charge is 0.394 e. The first kappa shape index (κ1) is 45.6. The fourth-order valence-electron chi connectivity index (χ4n) is 6.30. The van der Waals surface area contributed by atoms with Crippen LogP contribution in [0.3, 0.4) is 0 Å². The van der Waals surface area contributed by atoms with Crippen molar-refractivity contribution in [1.29, 1.82) is 0 Å². The molecular formula is C41H80N2O4. The molecule has 0 radical (unpaired) electrons. The summed E-state index contributed by atoms with van der Waals surface area (Å²) in [5.41, 5.74) is 0. The summed E-state index contributed by atoms with van der Waals surface area (Å²) >= 11 is 0. The number of nitrogens with one attached hydrogen (secondary N) is 1. The predicted molar refractivity (Wildman–Crippen MR) is 202 cm³/mol. The van der Waals surface area contributed by atoms with Gasteiger partial charge < -0.3 is 20.4 Å². The minimum absolute atomic E-state index is 0.0823. The Kier molecular flexibility index (Phi) is 36.3. The van der Waals surface area contributed by atoms with Gasteiger partial charge in [0.25, 0.3) is 0 Å². The number of amides is 2. The Morgan fingerprint density at radius 3 is 1.23 bits per heavy atom. The molecule has 0 rings (SSSR count). The van der Waals surface area contributed by atoms with Gasteiger partial charge in [-0.25, -0.2) is 0 Å². The number of hydrogen-bond donors (Lipinski definition) is 3. The topological polar surface area (TPSA) is 89.9 Å². The Hall–Kier alpha value is -1.40. The van der Waals surface area contributed by atoms with Gasteiger partial charge in [0.15, 0.2) is 0 Å². The highest BCUT2D eigenvalue weighted by atomic mass is 16.3. The first-order valence-electron chi connectivity index (χ1n) is 20.6. The van der Waals surface area contributed by atoms with Crippen molar-refractivity contribution in [2.24, 2.45) is 0 Å². The summed E-state index contributed by atoms with van der Waals surface area (Å²) in [6.45, 7) is 5.39. The van der Waals surface area contributed by atoms with Crippen LogP contribution in [0.4, 0.5) is 0 Å². The summed E-state index contributed by atoms with van der Waals surface area (Å²) in [5.74, 6) is -0.539. The zero-order valence-corrected chi connectivity index (χ0v) is 31.4. The monoisotopic (exact) mass is 665 g/mol. The highest BCUT2D eigenvalue weighted by Gasteiger charge is 2.15.